The van der Waals surface area contributed by atoms with Crippen LogP contribution < -0.4 is 0 Å². The molecular weight excluding hydrogens is 288 g/mol. The lowest BCUT2D eigenvalue weighted by atomic mass is 10.2. The summed E-state index contributed by atoms with van der Waals surface area (Å²) in [6, 6.07) is 6.12. The predicted molar refractivity (Wildman–Crippen MR) is 64.4 cm³/mol. The van der Waals surface area contributed by atoms with Crippen LogP contribution in [0.15, 0.2) is 29.0 Å². The molecular formula is C9H6BrClS2. The minimum absolute atomic E-state index is 0.288. The van der Waals surface area contributed by atoms with Crippen LogP contribution in [-0.2, 0) is 0 Å². The van der Waals surface area contributed by atoms with E-state index in [1.165, 1.54) is 10.4 Å². The SMILES string of the molecule is Clc1ccc(C(Br)c2ccsc2)s1. The Morgan fingerprint density at radius 3 is 2.69 bits per heavy atom. The summed E-state index contributed by atoms with van der Waals surface area (Å²) in [5.74, 6) is 0. The highest BCUT2D eigenvalue weighted by Gasteiger charge is 2.12. The van der Waals surface area contributed by atoms with Gasteiger partial charge >= 0.3 is 0 Å². The molecule has 0 saturated heterocycles. The van der Waals surface area contributed by atoms with E-state index in [0.717, 1.165) is 4.34 Å². The van der Waals surface area contributed by atoms with E-state index in [0.29, 0.717) is 0 Å². The Morgan fingerprint density at radius 1 is 1.31 bits per heavy atom. The second kappa shape index (κ2) is 4.13. The molecule has 2 aromatic rings. The number of alkyl halides is 1. The molecule has 13 heavy (non-hydrogen) atoms. The minimum atomic E-state index is 0.288. The van der Waals surface area contributed by atoms with Crippen LogP contribution in [0.3, 0.4) is 0 Å². The Bertz CT molecular complexity index is 380. The van der Waals surface area contributed by atoms with Crippen molar-refractivity contribution >= 4 is 50.2 Å². The zero-order valence-corrected chi connectivity index (χ0v) is 10.5. The van der Waals surface area contributed by atoms with Crippen LogP contribution in [0.25, 0.3) is 0 Å². The molecule has 0 aromatic carbocycles. The molecule has 1 unspecified atom stereocenters. The molecule has 0 aliphatic carbocycles. The molecule has 0 radical (unpaired) electrons. The van der Waals surface area contributed by atoms with Crippen LogP contribution in [0.1, 0.15) is 15.3 Å². The molecule has 0 aliphatic rings. The zero-order valence-electron chi connectivity index (χ0n) is 6.54. The Labute approximate surface area is 98.3 Å². The molecule has 0 saturated carbocycles. The summed E-state index contributed by atoms with van der Waals surface area (Å²) in [6.45, 7) is 0. The molecule has 0 N–H and O–H groups in total. The normalized spacial score (nSPS) is 13.1. The highest BCUT2D eigenvalue weighted by Crippen LogP contribution is 2.37. The molecule has 0 bridgehead atoms. The van der Waals surface area contributed by atoms with Gasteiger partial charge in [-0.2, -0.15) is 11.3 Å². The number of hydrogen-bond donors (Lipinski definition) is 0. The minimum Gasteiger partial charge on any atom is -0.152 e. The second-order valence-electron chi connectivity index (χ2n) is 2.56. The fourth-order valence-electron chi connectivity index (χ4n) is 1.05. The summed E-state index contributed by atoms with van der Waals surface area (Å²) in [4.78, 5) is 1.54. The smallest absolute Gasteiger partial charge is 0.0931 e. The van der Waals surface area contributed by atoms with Crippen molar-refractivity contribution in [1.82, 2.24) is 0 Å². The topological polar surface area (TPSA) is 0 Å². The molecule has 0 spiro atoms. The van der Waals surface area contributed by atoms with Crippen molar-refractivity contribution in [2.24, 2.45) is 0 Å². The van der Waals surface area contributed by atoms with Gasteiger partial charge in [0.05, 0.1) is 9.16 Å². The summed E-state index contributed by atoms with van der Waals surface area (Å²) in [6.07, 6.45) is 0. The Hall–Kier alpha value is 0.170. The first-order chi connectivity index (χ1) is 6.27. The maximum Gasteiger partial charge on any atom is 0.0931 e. The van der Waals surface area contributed by atoms with E-state index in [-0.39, 0.29) is 4.83 Å². The van der Waals surface area contributed by atoms with Gasteiger partial charge in [-0.3, -0.25) is 0 Å². The summed E-state index contributed by atoms with van der Waals surface area (Å²) in [5, 5.41) is 4.23. The summed E-state index contributed by atoms with van der Waals surface area (Å²) in [7, 11) is 0. The molecule has 2 rings (SSSR count). The zero-order chi connectivity index (χ0) is 9.26. The maximum atomic E-state index is 5.87. The third-order valence-corrected chi connectivity index (χ3v) is 5.00. The molecule has 0 amide bonds. The van der Waals surface area contributed by atoms with Gasteiger partial charge in [0.1, 0.15) is 0 Å². The number of halogens is 2. The van der Waals surface area contributed by atoms with Crippen LogP contribution >= 0.6 is 50.2 Å². The lowest BCUT2D eigenvalue weighted by Crippen LogP contribution is -1.84. The third kappa shape index (κ3) is 2.15. The van der Waals surface area contributed by atoms with Crippen LogP contribution in [0, 0.1) is 0 Å². The van der Waals surface area contributed by atoms with Crippen LogP contribution in [0.2, 0.25) is 4.34 Å². The monoisotopic (exact) mass is 292 g/mol. The van der Waals surface area contributed by atoms with Gasteiger partial charge in [-0.15, -0.1) is 11.3 Å². The van der Waals surface area contributed by atoms with Crippen molar-refractivity contribution < 1.29 is 0 Å². The van der Waals surface area contributed by atoms with Crippen molar-refractivity contribution in [2.45, 2.75) is 4.83 Å². The van der Waals surface area contributed by atoms with Crippen molar-refractivity contribution in [3.8, 4) is 0 Å². The maximum absolute atomic E-state index is 5.87. The Kier molecular flexibility index (Phi) is 3.09. The lowest BCUT2D eigenvalue weighted by Gasteiger charge is -2.03. The number of rotatable bonds is 2. The van der Waals surface area contributed by atoms with Gasteiger partial charge in [-0.1, -0.05) is 27.5 Å². The van der Waals surface area contributed by atoms with Crippen LogP contribution in [-0.4, -0.2) is 0 Å². The number of hydrogen-bond acceptors (Lipinski definition) is 2. The summed E-state index contributed by atoms with van der Waals surface area (Å²) in [5.41, 5.74) is 1.29. The average Bonchev–Trinajstić information content (AvgIpc) is 2.72. The highest BCUT2D eigenvalue weighted by atomic mass is 79.9. The van der Waals surface area contributed by atoms with Gasteiger partial charge in [0.15, 0.2) is 0 Å². The molecule has 2 heterocycles. The quantitative estimate of drug-likeness (QED) is 0.687. The standard InChI is InChI=1S/C9H6BrClS2/c10-9(6-3-4-12-5-6)7-1-2-8(11)13-7/h1-5,9H. The van der Waals surface area contributed by atoms with Gasteiger partial charge < -0.3 is 0 Å². The van der Waals surface area contributed by atoms with Crippen LogP contribution in [0.5, 0.6) is 0 Å². The van der Waals surface area contributed by atoms with Gasteiger partial charge in [0, 0.05) is 4.88 Å². The molecule has 0 nitrogen and oxygen atoms in total. The van der Waals surface area contributed by atoms with Crippen molar-refractivity contribution in [2.75, 3.05) is 0 Å². The van der Waals surface area contributed by atoms with Gasteiger partial charge in [0.2, 0.25) is 0 Å². The fraction of sp³-hybridized carbons (Fsp3) is 0.111. The second-order valence-corrected chi connectivity index (χ2v) is 6.00. The van der Waals surface area contributed by atoms with Crippen molar-refractivity contribution in [1.29, 1.82) is 0 Å². The predicted octanol–water partition coefficient (Wildman–Crippen LogP) is 4.95. The van der Waals surface area contributed by atoms with Gasteiger partial charge in [0.25, 0.3) is 0 Å². The van der Waals surface area contributed by atoms with Gasteiger partial charge in [-0.05, 0) is 34.5 Å². The van der Waals surface area contributed by atoms with E-state index in [2.05, 4.69) is 38.8 Å². The third-order valence-electron chi connectivity index (χ3n) is 1.68. The molecule has 4 heteroatoms. The largest absolute Gasteiger partial charge is 0.152 e. The van der Waals surface area contributed by atoms with E-state index >= 15 is 0 Å². The van der Waals surface area contributed by atoms with Crippen molar-refractivity contribution in [3.05, 3.63) is 43.7 Å². The molecule has 2 aromatic heterocycles. The Morgan fingerprint density at radius 2 is 2.15 bits per heavy atom. The van der Waals surface area contributed by atoms with Crippen LogP contribution in [0.4, 0.5) is 0 Å². The first-order valence-electron chi connectivity index (χ1n) is 3.69. The summed E-state index contributed by atoms with van der Waals surface area (Å²) >= 11 is 12.8. The van der Waals surface area contributed by atoms with Crippen molar-refractivity contribution in [3.63, 3.8) is 0 Å². The molecule has 68 valence electrons. The Balaban J connectivity index is 2.28. The van der Waals surface area contributed by atoms with E-state index in [1.807, 2.05) is 6.07 Å². The van der Waals surface area contributed by atoms with E-state index in [1.54, 1.807) is 22.7 Å². The van der Waals surface area contributed by atoms with E-state index < -0.39 is 0 Å². The molecule has 0 fully saturated rings. The molecule has 1 atom stereocenters. The average molecular weight is 294 g/mol. The molecule has 0 aliphatic heterocycles. The first kappa shape index (κ1) is 9.71. The number of thiophene rings is 2. The summed E-state index contributed by atoms with van der Waals surface area (Å²) < 4.78 is 0.842. The van der Waals surface area contributed by atoms with E-state index in [9.17, 15) is 0 Å². The fourth-order valence-corrected chi connectivity index (χ4v) is 3.69. The highest BCUT2D eigenvalue weighted by molar-refractivity contribution is 9.09. The van der Waals surface area contributed by atoms with E-state index in [4.69, 9.17) is 11.6 Å². The van der Waals surface area contributed by atoms with Gasteiger partial charge in [-0.25, -0.2) is 0 Å². The lowest BCUT2D eigenvalue weighted by molar-refractivity contribution is 1.25. The first-order valence-corrected chi connectivity index (χ1v) is 6.74.